The first-order valence-corrected chi connectivity index (χ1v) is 11.6. The number of carbonyl (C=O) groups is 2. The summed E-state index contributed by atoms with van der Waals surface area (Å²) in [6, 6.07) is 7.65. The summed E-state index contributed by atoms with van der Waals surface area (Å²) in [6.07, 6.45) is 5.45. The average Bonchev–Trinajstić information content (AvgIpc) is 3.06. The number of hydrogen-bond donors (Lipinski definition) is 1. The topological polar surface area (TPSA) is 91.0 Å². The molecule has 0 radical (unpaired) electrons. The molecule has 3 heterocycles. The molecule has 0 atom stereocenters. The number of hydrogen-bond acceptors (Lipinski definition) is 4. The molecule has 1 saturated heterocycles. The van der Waals surface area contributed by atoms with Gasteiger partial charge in [-0.05, 0) is 78.9 Å². The molecule has 2 aromatic heterocycles. The van der Waals surface area contributed by atoms with Crippen LogP contribution in [-0.2, 0) is 16.1 Å². The van der Waals surface area contributed by atoms with Crippen molar-refractivity contribution >= 4 is 39.6 Å². The van der Waals surface area contributed by atoms with E-state index in [9.17, 15) is 14.9 Å². The van der Waals surface area contributed by atoms with Crippen molar-refractivity contribution in [1.29, 1.82) is 5.26 Å². The molecule has 1 N–H and O–H groups in total. The molecule has 2 amide bonds. The van der Waals surface area contributed by atoms with E-state index in [2.05, 4.69) is 43.8 Å². The number of piperidine rings is 1. The molecule has 0 spiro atoms. The zero-order valence-electron chi connectivity index (χ0n) is 18.7. The van der Waals surface area contributed by atoms with Crippen molar-refractivity contribution in [1.82, 2.24) is 14.5 Å². The van der Waals surface area contributed by atoms with Gasteiger partial charge in [0.2, 0.25) is 5.91 Å². The van der Waals surface area contributed by atoms with Crippen LogP contribution >= 0.6 is 15.9 Å². The Bertz CT molecular complexity index is 1060. The Morgan fingerprint density at radius 1 is 1.31 bits per heavy atom. The summed E-state index contributed by atoms with van der Waals surface area (Å²) < 4.78 is 3.05. The van der Waals surface area contributed by atoms with Crippen LogP contribution in [0.4, 0.5) is 5.82 Å². The number of aryl methyl sites for hydroxylation is 1. The SMILES string of the molecule is CCCn1c(C)cc(/C=C(\C#N)C(=O)N2CCC(C(=O)Nc3ccc(Br)cn3)CC2)c1C. The Hall–Kier alpha value is -2.92. The number of amides is 2. The van der Waals surface area contributed by atoms with Crippen LogP contribution in [0.2, 0.25) is 0 Å². The number of carbonyl (C=O) groups excluding carboxylic acids is 2. The van der Waals surface area contributed by atoms with Crippen molar-refractivity contribution in [3.05, 3.63) is 51.4 Å². The van der Waals surface area contributed by atoms with Crippen LogP contribution in [0.5, 0.6) is 0 Å². The number of pyridine rings is 1. The minimum absolute atomic E-state index is 0.0914. The van der Waals surface area contributed by atoms with Crippen LogP contribution < -0.4 is 5.32 Å². The first kappa shape index (κ1) is 23.7. The van der Waals surface area contributed by atoms with Crippen LogP contribution in [0.3, 0.4) is 0 Å². The number of nitrogens with one attached hydrogen (secondary N) is 1. The summed E-state index contributed by atoms with van der Waals surface area (Å²) in [5.74, 6) is -0.0494. The summed E-state index contributed by atoms with van der Waals surface area (Å²) >= 11 is 3.32. The minimum atomic E-state index is -0.277. The summed E-state index contributed by atoms with van der Waals surface area (Å²) in [4.78, 5) is 31.4. The molecular weight excluding hydrogens is 470 g/mol. The van der Waals surface area contributed by atoms with E-state index in [1.54, 1.807) is 23.2 Å². The Kier molecular flexibility index (Phi) is 7.86. The van der Waals surface area contributed by atoms with Crippen LogP contribution in [0.15, 0.2) is 34.4 Å². The molecule has 0 unspecified atom stereocenters. The molecule has 32 heavy (non-hydrogen) atoms. The molecule has 168 valence electrons. The van der Waals surface area contributed by atoms with E-state index in [-0.39, 0.29) is 23.3 Å². The number of nitrogens with zero attached hydrogens (tertiary/aromatic N) is 4. The third-order valence-electron chi connectivity index (χ3n) is 5.84. The summed E-state index contributed by atoms with van der Waals surface area (Å²) in [6.45, 7) is 7.97. The van der Waals surface area contributed by atoms with Crippen molar-refractivity contribution in [3.8, 4) is 6.07 Å². The van der Waals surface area contributed by atoms with Gasteiger partial charge in [0.25, 0.3) is 5.91 Å². The van der Waals surface area contributed by atoms with Gasteiger partial charge in [-0.25, -0.2) is 4.98 Å². The van der Waals surface area contributed by atoms with E-state index in [1.165, 1.54) is 0 Å². The maximum Gasteiger partial charge on any atom is 0.264 e. The highest BCUT2D eigenvalue weighted by molar-refractivity contribution is 9.10. The van der Waals surface area contributed by atoms with Gasteiger partial charge in [0.1, 0.15) is 17.5 Å². The van der Waals surface area contributed by atoms with Gasteiger partial charge in [-0.1, -0.05) is 6.92 Å². The lowest BCUT2D eigenvalue weighted by Gasteiger charge is -2.31. The Labute approximate surface area is 197 Å². The fourth-order valence-electron chi connectivity index (χ4n) is 4.03. The predicted molar refractivity (Wildman–Crippen MR) is 128 cm³/mol. The zero-order chi connectivity index (χ0) is 23.3. The summed E-state index contributed by atoms with van der Waals surface area (Å²) in [5, 5.41) is 12.5. The molecule has 0 saturated carbocycles. The lowest BCUT2D eigenvalue weighted by molar-refractivity contribution is -0.130. The number of aromatic nitrogens is 2. The predicted octanol–water partition coefficient (Wildman–Crippen LogP) is 4.46. The molecule has 0 aliphatic carbocycles. The van der Waals surface area contributed by atoms with E-state index in [0.717, 1.165) is 34.4 Å². The van der Waals surface area contributed by atoms with Crippen molar-refractivity contribution in [2.24, 2.45) is 5.92 Å². The first-order valence-electron chi connectivity index (χ1n) is 10.8. The molecule has 1 aliphatic heterocycles. The highest BCUT2D eigenvalue weighted by Gasteiger charge is 2.29. The van der Waals surface area contributed by atoms with Crippen LogP contribution in [0.25, 0.3) is 6.08 Å². The van der Waals surface area contributed by atoms with Gasteiger partial charge in [0.15, 0.2) is 0 Å². The van der Waals surface area contributed by atoms with Crippen molar-refractivity contribution in [3.63, 3.8) is 0 Å². The van der Waals surface area contributed by atoms with Gasteiger partial charge in [-0.15, -0.1) is 0 Å². The maximum absolute atomic E-state index is 13.0. The maximum atomic E-state index is 13.0. The highest BCUT2D eigenvalue weighted by atomic mass is 79.9. The van der Waals surface area contributed by atoms with Crippen LogP contribution in [0, 0.1) is 31.1 Å². The van der Waals surface area contributed by atoms with E-state index in [4.69, 9.17) is 0 Å². The quantitative estimate of drug-likeness (QED) is 0.471. The molecule has 1 aliphatic rings. The standard InChI is InChI=1S/C24H28BrN5O2/c1-4-9-30-16(2)12-19(17(30)3)13-20(14-26)24(32)29-10-7-18(8-11-29)23(31)28-22-6-5-21(25)15-27-22/h5-6,12-13,15,18H,4,7-11H2,1-3H3,(H,27,28,31)/b20-13+. The van der Waals surface area contributed by atoms with Gasteiger partial charge in [0, 0.05) is 47.6 Å². The molecule has 1 fully saturated rings. The van der Waals surface area contributed by atoms with E-state index < -0.39 is 0 Å². The number of nitriles is 1. The van der Waals surface area contributed by atoms with Gasteiger partial charge in [-0.3, -0.25) is 9.59 Å². The Balaban J connectivity index is 1.63. The zero-order valence-corrected chi connectivity index (χ0v) is 20.3. The van der Waals surface area contributed by atoms with Crippen molar-refractivity contribution < 1.29 is 9.59 Å². The minimum Gasteiger partial charge on any atom is -0.349 e. The average molecular weight is 498 g/mol. The van der Waals surface area contributed by atoms with E-state index in [0.29, 0.717) is 31.7 Å². The molecule has 8 heteroatoms. The first-order chi connectivity index (χ1) is 15.3. The molecule has 3 rings (SSSR count). The fraction of sp³-hybridized carbons (Fsp3) is 0.417. The molecule has 0 bridgehead atoms. The Morgan fingerprint density at radius 3 is 2.62 bits per heavy atom. The molecule has 7 nitrogen and oxygen atoms in total. The third kappa shape index (κ3) is 5.46. The number of halogens is 1. The lowest BCUT2D eigenvalue weighted by atomic mass is 9.95. The van der Waals surface area contributed by atoms with Gasteiger partial charge < -0.3 is 14.8 Å². The summed E-state index contributed by atoms with van der Waals surface area (Å²) in [5.41, 5.74) is 3.20. The smallest absolute Gasteiger partial charge is 0.264 e. The molecule has 0 aromatic carbocycles. The van der Waals surface area contributed by atoms with Gasteiger partial charge >= 0.3 is 0 Å². The van der Waals surface area contributed by atoms with E-state index in [1.807, 2.05) is 26.0 Å². The Morgan fingerprint density at radius 2 is 2.03 bits per heavy atom. The summed E-state index contributed by atoms with van der Waals surface area (Å²) in [7, 11) is 0. The molecule has 2 aromatic rings. The fourth-order valence-corrected chi connectivity index (χ4v) is 4.27. The number of anilines is 1. The monoisotopic (exact) mass is 497 g/mol. The van der Waals surface area contributed by atoms with E-state index >= 15 is 0 Å². The normalized spacial score (nSPS) is 14.8. The second-order valence-electron chi connectivity index (χ2n) is 8.07. The second kappa shape index (κ2) is 10.6. The van der Waals surface area contributed by atoms with Gasteiger partial charge in [0.05, 0.1) is 0 Å². The largest absolute Gasteiger partial charge is 0.349 e. The number of rotatable bonds is 6. The van der Waals surface area contributed by atoms with Crippen LogP contribution in [0.1, 0.15) is 43.1 Å². The highest BCUT2D eigenvalue weighted by Crippen LogP contribution is 2.23. The van der Waals surface area contributed by atoms with Gasteiger partial charge in [-0.2, -0.15) is 5.26 Å². The lowest BCUT2D eigenvalue weighted by Crippen LogP contribution is -2.42. The van der Waals surface area contributed by atoms with Crippen molar-refractivity contribution in [2.45, 2.75) is 46.6 Å². The number of likely N-dealkylation sites (tertiary alicyclic amines) is 1. The second-order valence-corrected chi connectivity index (χ2v) is 8.98. The third-order valence-corrected chi connectivity index (χ3v) is 6.31. The molecular formula is C24H28BrN5O2. The van der Waals surface area contributed by atoms with Crippen molar-refractivity contribution in [2.75, 3.05) is 18.4 Å². The van der Waals surface area contributed by atoms with Crippen LogP contribution in [-0.4, -0.2) is 39.4 Å².